The Morgan fingerprint density at radius 1 is 1.46 bits per heavy atom. The molecule has 130 valence electrons. The predicted octanol–water partition coefficient (Wildman–Crippen LogP) is 2.94. The molecule has 2 aromatic rings. The minimum Gasteiger partial charge on any atom is -0.380 e. The average Bonchev–Trinajstić information content (AvgIpc) is 2.96. The number of benzene rings is 1. The van der Waals surface area contributed by atoms with E-state index in [0.717, 1.165) is 22.2 Å². The van der Waals surface area contributed by atoms with Crippen molar-refractivity contribution in [2.45, 2.75) is 26.6 Å². The third-order valence-corrected chi connectivity index (χ3v) is 4.32. The third kappa shape index (κ3) is 5.01. The summed E-state index contributed by atoms with van der Waals surface area (Å²) in [5, 5.41) is 6.40. The molecule has 0 fully saturated rings. The Balaban J connectivity index is 1.97. The Labute approximate surface area is 146 Å². The number of halogens is 1. The molecule has 1 aromatic heterocycles. The first-order chi connectivity index (χ1) is 11.5. The van der Waals surface area contributed by atoms with Crippen LogP contribution in [0.2, 0.25) is 0 Å². The molecule has 0 aliphatic rings. The zero-order valence-corrected chi connectivity index (χ0v) is 15.3. The molecule has 0 atom stereocenters. The van der Waals surface area contributed by atoms with Crippen molar-refractivity contribution in [3.8, 4) is 0 Å². The summed E-state index contributed by atoms with van der Waals surface area (Å²) in [5.41, 5.74) is 2.55. The molecule has 0 amide bonds. The smallest absolute Gasteiger partial charge is 0.194 e. The van der Waals surface area contributed by atoms with Crippen LogP contribution >= 0.6 is 11.3 Å². The SMILES string of the molecule is CN=C(NCc1ccc(F)c(COC)c1)N(C)Cc1csc(C)n1. The summed E-state index contributed by atoms with van der Waals surface area (Å²) in [6, 6.07) is 5.04. The summed E-state index contributed by atoms with van der Waals surface area (Å²) in [5.74, 6) is 0.513. The van der Waals surface area contributed by atoms with Crippen LogP contribution < -0.4 is 5.32 Å². The van der Waals surface area contributed by atoms with Gasteiger partial charge in [0, 0.05) is 38.7 Å². The number of rotatable bonds is 6. The van der Waals surface area contributed by atoms with Gasteiger partial charge in [0.15, 0.2) is 5.96 Å². The molecule has 1 N–H and O–H groups in total. The van der Waals surface area contributed by atoms with Crippen LogP contribution in [-0.4, -0.2) is 37.0 Å². The van der Waals surface area contributed by atoms with E-state index in [4.69, 9.17) is 4.74 Å². The highest BCUT2D eigenvalue weighted by Gasteiger charge is 2.09. The number of aliphatic imine (C=N–C) groups is 1. The van der Waals surface area contributed by atoms with Crippen molar-refractivity contribution >= 4 is 17.3 Å². The van der Waals surface area contributed by atoms with E-state index in [1.54, 1.807) is 31.6 Å². The molecule has 0 saturated carbocycles. The molecule has 1 aromatic carbocycles. The number of hydrogen-bond donors (Lipinski definition) is 1. The Hall–Kier alpha value is -1.99. The number of aromatic nitrogens is 1. The van der Waals surface area contributed by atoms with Gasteiger partial charge in [-0.1, -0.05) is 6.07 Å². The standard InChI is InChI=1S/C17H23FN4OS/c1-12-21-15(11-24-12)9-22(3)17(19-2)20-8-13-5-6-16(18)14(7-13)10-23-4/h5-7,11H,8-10H2,1-4H3,(H,19,20). The topological polar surface area (TPSA) is 49.8 Å². The van der Waals surface area contributed by atoms with Crippen LogP contribution in [0.1, 0.15) is 21.8 Å². The van der Waals surface area contributed by atoms with Gasteiger partial charge in [0.05, 0.1) is 23.9 Å². The highest BCUT2D eigenvalue weighted by atomic mass is 32.1. The zero-order valence-electron chi connectivity index (χ0n) is 14.5. The molecule has 0 spiro atoms. The molecule has 0 radical (unpaired) electrons. The monoisotopic (exact) mass is 350 g/mol. The van der Waals surface area contributed by atoms with E-state index >= 15 is 0 Å². The maximum atomic E-state index is 13.7. The first-order valence-electron chi connectivity index (χ1n) is 7.62. The summed E-state index contributed by atoms with van der Waals surface area (Å²) in [6.45, 7) is 3.50. The molecule has 0 saturated heterocycles. The van der Waals surface area contributed by atoms with E-state index < -0.39 is 0 Å². The van der Waals surface area contributed by atoms with Crippen LogP contribution in [0.3, 0.4) is 0 Å². The third-order valence-electron chi connectivity index (χ3n) is 3.50. The Bertz CT molecular complexity index is 702. The van der Waals surface area contributed by atoms with Crippen molar-refractivity contribution in [3.05, 3.63) is 51.2 Å². The van der Waals surface area contributed by atoms with Crippen LogP contribution in [0.4, 0.5) is 4.39 Å². The maximum Gasteiger partial charge on any atom is 0.194 e. The van der Waals surface area contributed by atoms with E-state index in [2.05, 4.69) is 20.7 Å². The molecule has 0 aliphatic heterocycles. The highest BCUT2D eigenvalue weighted by Crippen LogP contribution is 2.12. The van der Waals surface area contributed by atoms with Gasteiger partial charge in [-0.05, 0) is 24.6 Å². The molecule has 1 heterocycles. The van der Waals surface area contributed by atoms with E-state index in [9.17, 15) is 4.39 Å². The van der Waals surface area contributed by atoms with Crippen LogP contribution in [0.25, 0.3) is 0 Å². The second kappa shape index (κ2) is 8.75. The van der Waals surface area contributed by atoms with Gasteiger partial charge < -0.3 is 15.0 Å². The van der Waals surface area contributed by atoms with E-state index in [0.29, 0.717) is 18.7 Å². The number of thiazole rings is 1. The first kappa shape index (κ1) is 18.4. The number of methoxy groups -OCH3 is 1. The van der Waals surface area contributed by atoms with Gasteiger partial charge in [-0.25, -0.2) is 9.37 Å². The lowest BCUT2D eigenvalue weighted by atomic mass is 10.1. The van der Waals surface area contributed by atoms with E-state index in [1.165, 1.54) is 6.07 Å². The Morgan fingerprint density at radius 3 is 2.88 bits per heavy atom. The van der Waals surface area contributed by atoms with Gasteiger partial charge in [-0.3, -0.25) is 4.99 Å². The van der Waals surface area contributed by atoms with Crippen LogP contribution in [-0.2, 0) is 24.4 Å². The minimum atomic E-state index is -0.249. The van der Waals surface area contributed by atoms with Gasteiger partial charge in [-0.15, -0.1) is 11.3 Å². The number of nitrogens with zero attached hydrogens (tertiary/aromatic N) is 3. The van der Waals surface area contributed by atoms with Crippen LogP contribution in [0.5, 0.6) is 0 Å². The van der Waals surface area contributed by atoms with Gasteiger partial charge in [-0.2, -0.15) is 0 Å². The summed E-state index contributed by atoms with van der Waals surface area (Å²) < 4.78 is 18.7. The number of guanidine groups is 1. The second-order valence-electron chi connectivity index (χ2n) is 5.47. The van der Waals surface area contributed by atoms with Crippen LogP contribution in [0, 0.1) is 12.7 Å². The van der Waals surface area contributed by atoms with Crippen molar-refractivity contribution in [2.24, 2.45) is 4.99 Å². The highest BCUT2D eigenvalue weighted by molar-refractivity contribution is 7.09. The predicted molar refractivity (Wildman–Crippen MR) is 95.6 cm³/mol. The molecule has 0 aliphatic carbocycles. The maximum absolute atomic E-state index is 13.7. The van der Waals surface area contributed by atoms with E-state index in [1.807, 2.05) is 24.9 Å². The van der Waals surface area contributed by atoms with Crippen molar-refractivity contribution < 1.29 is 9.13 Å². The largest absolute Gasteiger partial charge is 0.380 e. The summed E-state index contributed by atoms with van der Waals surface area (Å²) in [6.07, 6.45) is 0. The van der Waals surface area contributed by atoms with Gasteiger partial charge in [0.2, 0.25) is 0 Å². The molecule has 24 heavy (non-hydrogen) atoms. The van der Waals surface area contributed by atoms with Crippen molar-refractivity contribution in [2.75, 3.05) is 21.2 Å². The molecule has 5 nitrogen and oxygen atoms in total. The lowest BCUT2D eigenvalue weighted by Gasteiger charge is -2.21. The average molecular weight is 350 g/mol. The number of nitrogens with one attached hydrogen (secondary N) is 1. The fourth-order valence-corrected chi connectivity index (χ4v) is 2.97. The van der Waals surface area contributed by atoms with Crippen molar-refractivity contribution in [3.63, 3.8) is 0 Å². The molecule has 0 unspecified atom stereocenters. The number of aryl methyl sites for hydroxylation is 1. The van der Waals surface area contributed by atoms with Gasteiger partial charge >= 0.3 is 0 Å². The molecular formula is C17H23FN4OS. The summed E-state index contributed by atoms with van der Waals surface area (Å²) in [7, 11) is 5.26. The van der Waals surface area contributed by atoms with Crippen LogP contribution in [0.15, 0.2) is 28.6 Å². The number of ether oxygens (including phenoxy) is 1. The van der Waals surface area contributed by atoms with E-state index in [-0.39, 0.29) is 12.4 Å². The molecular weight excluding hydrogens is 327 g/mol. The van der Waals surface area contributed by atoms with Crippen molar-refractivity contribution in [1.82, 2.24) is 15.2 Å². The Morgan fingerprint density at radius 2 is 2.25 bits per heavy atom. The minimum absolute atomic E-state index is 0.249. The lowest BCUT2D eigenvalue weighted by molar-refractivity contribution is 0.181. The fraction of sp³-hybridized carbons (Fsp3) is 0.412. The summed E-state index contributed by atoms with van der Waals surface area (Å²) in [4.78, 5) is 10.8. The van der Waals surface area contributed by atoms with Gasteiger partial charge in [0.25, 0.3) is 0 Å². The van der Waals surface area contributed by atoms with Crippen molar-refractivity contribution in [1.29, 1.82) is 0 Å². The Kier molecular flexibility index (Phi) is 6.69. The lowest BCUT2D eigenvalue weighted by Crippen LogP contribution is -2.38. The fourth-order valence-electron chi connectivity index (χ4n) is 2.37. The second-order valence-corrected chi connectivity index (χ2v) is 6.54. The molecule has 0 bridgehead atoms. The van der Waals surface area contributed by atoms with Gasteiger partial charge in [0.1, 0.15) is 5.82 Å². The molecule has 7 heteroatoms. The normalized spacial score (nSPS) is 11.6. The zero-order chi connectivity index (χ0) is 17.5. The molecule has 2 rings (SSSR count). The summed E-state index contributed by atoms with van der Waals surface area (Å²) >= 11 is 1.64. The first-order valence-corrected chi connectivity index (χ1v) is 8.50. The number of hydrogen-bond acceptors (Lipinski definition) is 4. The quantitative estimate of drug-likeness (QED) is 0.643.